The third-order valence-corrected chi connectivity index (χ3v) is 3.60. The van der Waals surface area contributed by atoms with Crippen LogP contribution in [0.15, 0.2) is 42.5 Å². The van der Waals surface area contributed by atoms with E-state index in [1.807, 2.05) is 0 Å². The monoisotopic (exact) mass is 358 g/mol. The quantitative estimate of drug-likeness (QED) is 0.612. The molecule has 0 unspecified atom stereocenters. The van der Waals surface area contributed by atoms with Crippen LogP contribution in [0.5, 0.6) is 0 Å². The topological polar surface area (TPSA) is 84.0 Å². The Balaban J connectivity index is 2.34. The molecule has 0 aliphatic carbocycles. The maximum Gasteiger partial charge on any atom is 0.334 e. The Kier molecular flexibility index (Phi) is 5.59. The summed E-state index contributed by atoms with van der Waals surface area (Å²) in [5.74, 6) is -1.97. The fourth-order valence-corrected chi connectivity index (χ4v) is 2.52. The molecule has 4 amide bonds. The van der Waals surface area contributed by atoms with Crippen LogP contribution in [-0.4, -0.2) is 51.8 Å². The Bertz CT molecular complexity index is 749. The van der Waals surface area contributed by atoms with E-state index in [1.54, 1.807) is 58.0 Å². The first-order chi connectivity index (χ1) is 12.2. The molecule has 138 valence electrons. The summed E-state index contributed by atoms with van der Waals surface area (Å²) in [6, 6.07) is 6.19. The number of carbonyl (C=O) groups excluding carboxylic acids is 4. The third-order valence-electron chi connectivity index (χ3n) is 3.60. The van der Waals surface area contributed by atoms with Gasteiger partial charge in [-0.25, -0.2) is 14.5 Å². The summed E-state index contributed by atoms with van der Waals surface area (Å²) in [6.07, 6.45) is 2.63. The molecule has 0 aromatic heterocycles. The summed E-state index contributed by atoms with van der Waals surface area (Å²) in [7, 11) is 0. The molecular formula is C19H22N2O5. The van der Waals surface area contributed by atoms with Crippen molar-refractivity contribution in [3.63, 3.8) is 0 Å². The number of hydrogen-bond acceptors (Lipinski definition) is 5. The minimum Gasteiger partial charge on any atom is -0.458 e. The average molecular weight is 358 g/mol. The van der Waals surface area contributed by atoms with E-state index < -0.39 is 35.5 Å². The van der Waals surface area contributed by atoms with Gasteiger partial charge in [-0.3, -0.25) is 14.5 Å². The minimum absolute atomic E-state index is 0.245. The summed E-state index contributed by atoms with van der Waals surface area (Å²) in [5.41, 5.74) is -0.490. The number of imide groups is 2. The number of amides is 4. The zero-order valence-corrected chi connectivity index (χ0v) is 15.3. The molecule has 1 fully saturated rings. The predicted octanol–water partition coefficient (Wildman–Crippen LogP) is 2.38. The van der Waals surface area contributed by atoms with Gasteiger partial charge in [0.2, 0.25) is 0 Å². The molecule has 1 aliphatic rings. The van der Waals surface area contributed by atoms with Crippen LogP contribution in [0.1, 0.15) is 38.1 Å². The van der Waals surface area contributed by atoms with Crippen molar-refractivity contribution in [1.82, 2.24) is 9.80 Å². The second-order valence-electron chi connectivity index (χ2n) is 6.82. The van der Waals surface area contributed by atoms with Gasteiger partial charge < -0.3 is 4.74 Å². The summed E-state index contributed by atoms with van der Waals surface area (Å²) in [4.78, 5) is 51.8. The molecule has 2 rings (SSSR count). The van der Waals surface area contributed by atoms with E-state index in [0.717, 1.165) is 9.80 Å². The third kappa shape index (κ3) is 4.17. The minimum atomic E-state index is -1.18. The number of esters is 1. The second kappa shape index (κ2) is 7.51. The van der Waals surface area contributed by atoms with Crippen molar-refractivity contribution in [2.75, 3.05) is 6.54 Å². The highest BCUT2D eigenvalue weighted by Gasteiger charge is 2.48. The van der Waals surface area contributed by atoms with E-state index in [2.05, 4.69) is 0 Å². The second-order valence-corrected chi connectivity index (χ2v) is 6.82. The van der Waals surface area contributed by atoms with E-state index in [1.165, 1.54) is 12.2 Å². The lowest BCUT2D eigenvalue weighted by atomic mass is 10.1. The van der Waals surface area contributed by atoms with Crippen molar-refractivity contribution < 1.29 is 23.9 Å². The van der Waals surface area contributed by atoms with Gasteiger partial charge in [0.05, 0.1) is 6.54 Å². The van der Waals surface area contributed by atoms with Crippen molar-refractivity contribution in [2.24, 2.45) is 0 Å². The lowest BCUT2D eigenvalue weighted by Crippen LogP contribution is -2.45. The van der Waals surface area contributed by atoms with Crippen LogP contribution in [0, 0.1) is 0 Å². The van der Waals surface area contributed by atoms with Crippen molar-refractivity contribution in [1.29, 1.82) is 0 Å². The number of ether oxygens (including phenoxy) is 1. The van der Waals surface area contributed by atoms with Gasteiger partial charge in [0.1, 0.15) is 5.60 Å². The number of allylic oxidation sites excluding steroid dienone is 1. The number of benzene rings is 1. The normalized spacial score (nSPS) is 17.7. The summed E-state index contributed by atoms with van der Waals surface area (Å²) in [6.45, 7) is 6.44. The van der Waals surface area contributed by atoms with Gasteiger partial charge in [0, 0.05) is 5.56 Å². The maximum absolute atomic E-state index is 12.7. The van der Waals surface area contributed by atoms with Gasteiger partial charge in [0.15, 0.2) is 6.04 Å². The molecule has 1 heterocycles. The fraction of sp³-hybridized carbons (Fsp3) is 0.368. The molecule has 1 saturated heterocycles. The Morgan fingerprint density at radius 2 is 1.77 bits per heavy atom. The largest absolute Gasteiger partial charge is 0.458 e. The van der Waals surface area contributed by atoms with Crippen molar-refractivity contribution in [3.05, 3.63) is 48.0 Å². The molecule has 0 spiro atoms. The summed E-state index contributed by atoms with van der Waals surface area (Å²) < 4.78 is 5.32. The van der Waals surface area contributed by atoms with Crippen LogP contribution < -0.4 is 0 Å². The Morgan fingerprint density at radius 3 is 2.31 bits per heavy atom. The molecule has 0 bridgehead atoms. The Labute approximate surface area is 152 Å². The van der Waals surface area contributed by atoms with Crippen LogP contribution in [0.2, 0.25) is 0 Å². The Hall–Kier alpha value is -2.96. The van der Waals surface area contributed by atoms with Crippen molar-refractivity contribution >= 4 is 23.8 Å². The first-order valence-corrected chi connectivity index (χ1v) is 8.25. The smallest absolute Gasteiger partial charge is 0.334 e. The molecule has 0 saturated carbocycles. The zero-order chi connectivity index (χ0) is 19.5. The fourth-order valence-electron chi connectivity index (χ4n) is 2.52. The standard InChI is InChI=1S/C19H22N2O5/c1-5-9-15(22)21-14(17(24)26-19(2,3)4)12-20(18(21)25)16(23)13-10-7-6-8-11-13/h5-11,14H,12H2,1-4H3/b9-5-/t14-/m0/s1. The van der Waals surface area contributed by atoms with Gasteiger partial charge in [-0.05, 0) is 45.9 Å². The van der Waals surface area contributed by atoms with Crippen molar-refractivity contribution in [3.8, 4) is 0 Å². The van der Waals surface area contributed by atoms with Crippen LogP contribution >= 0.6 is 0 Å². The molecule has 1 aromatic carbocycles. The molecule has 26 heavy (non-hydrogen) atoms. The molecule has 7 heteroatoms. The van der Waals surface area contributed by atoms with Gasteiger partial charge in [-0.15, -0.1) is 0 Å². The van der Waals surface area contributed by atoms with Crippen LogP contribution in [0.4, 0.5) is 4.79 Å². The molecule has 1 atom stereocenters. The van der Waals surface area contributed by atoms with E-state index in [4.69, 9.17) is 4.74 Å². The van der Waals surface area contributed by atoms with Gasteiger partial charge in [-0.1, -0.05) is 24.3 Å². The highest BCUT2D eigenvalue weighted by atomic mass is 16.6. The molecule has 0 N–H and O–H groups in total. The molecule has 7 nitrogen and oxygen atoms in total. The SMILES string of the molecule is C/C=C\C(=O)N1C(=O)N(C(=O)c2ccccc2)C[C@H]1C(=O)OC(C)(C)C. The van der Waals surface area contributed by atoms with Gasteiger partial charge in [0.25, 0.3) is 11.8 Å². The van der Waals surface area contributed by atoms with Crippen LogP contribution in [-0.2, 0) is 14.3 Å². The molecule has 1 aromatic rings. The number of carbonyl (C=O) groups is 4. The van der Waals surface area contributed by atoms with Crippen LogP contribution in [0.25, 0.3) is 0 Å². The first-order valence-electron chi connectivity index (χ1n) is 8.25. The van der Waals surface area contributed by atoms with E-state index in [0.29, 0.717) is 5.56 Å². The number of urea groups is 1. The lowest BCUT2D eigenvalue weighted by molar-refractivity contribution is -0.161. The zero-order valence-electron chi connectivity index (χ0n) is 15.3. The van der Waals surface area contributed by atoms with Gasteiger partial charge in [-0.2, -0.15) is 0 Å². The molecular weight excluding hydrogens is 336 g/mol. The Morgan fingerprint density at radius 1 is 1.15 bits per heavy atom. The highest BCUT2D eigenvalue weighted by molar-refractivity contribution is 6.13. The first kappa shape index (κ1) is 19.4. The number of rotatable bonds is 3. The molecule has 1 aliphatic heterocycles. The predicted molar refractivity (Wildman–Crippen MR) is 94.2 cm³/mol. The number of nitrogens with zero attached hydrogens (tertiary/aromatic N) is 2. The molecule has 0 radical (unpaired) electrons. The maximum atomic E-state index is 12.7. The van der Waals surface area contributed by atoms with E-state index in [9.17, 15) is 19.2 Å². The van der Waals surface area contributed by atoms with Gasteiger partial charge >= 0.3 is 12.0 Å². The average Bonchev–Trinajstić information content (AvgIpc) is 2.91. The van der Waals surface area contributed by atoms with Crippen molar-refractivity contribution in [2.45, 2.75) is 39.3 Å². The summed E-state index contributed by atoms with van der Waals surface area (Å²) >= 11 is 0. The van der Waals surface area contributed by atoms with E-state index in [-0.39, 0.29) is 6.54 Å². The summed E-state index contributed by atoms with van der Waals surface area (Å²) in [5, 5.41) is 0. The highest BCUT2D eigenvalue weighted by Crippen LogP contribution is 2.22. The lowest BCUT2D eigenvalue weighted by Gasteiger charge is -2.24. The van der Waals surface area contributed by atoms with E-state index >= 15 is 0 Å². The number of hydrogen-bond donors (Lipinski definition) is 0. The van der Waals surface area contributed by atoms with Crippen LogP contribution in [0.3, 0.4) is 0 Å².